The fourth-order valence-corrected chi connectivity index (χ4v) is 2.18. The Morgan fingerprint density at radius 2 is 2.12 bits per heavy atom. The van der Waals surface area contributed by atoms with Crippen LogP contribution in [0.2, 0.25) is 0 Å². The van der Waals surface area contributed by atoms with Gasteiger partial charge in [-0.1, -0.05) is 20.8 Å². The molecule has 0 fully saturated rings. The Bertz CT molecular complexity index is 282. The van der Waals surface area contributed by atoms with E-state index in [-0.39, 0.29) is 6.10 Å². The minimum atomic E-state index is 0.227. The first-order valence-corrected chi connectivity index (χ1v) is 6.56. The van der Waals surface area contributed by atoms with Crippen LogP contribution in [0.5, 0.6) is 0 Å². The van der Waals surface area contributed by atoms with E-state index < -0.39 is 0 Å². The summed E-state index contributed by atoms with van der Waals surface area (Å²) in [5.41, 5.74) is 0. The molecule has 1 heterocycles. The molecule has 17 heavy (non-hydrogen) atoms. The standard InChI is InChI=1S/C14H25NO2/c1-5-15-13(10-12-8-7-9-17-12)14(11(3)4)16-6-2/h7-9,11,13-15H,5-6,10H2,1-4H3. The molecular formula is C14H25NO2. The first-order chi connectivity index (χ1) is 8.19. The fourth-order valence-electron chi connectivity index (χ4n) is 2.18. The van der Waals surface area contributed by atoms with E-state index in [0.29, 0.717) is 12.0 Å². The number of ether oxygens (including phenoxy) is 1. The van der Waals surface area contributed by atoms with Crippen molar-refractivity contribution in [1.29, 1.82) is 0 Å². The van der Waals surface area contributed by atoms with Gasteiger partial charge in [-0.2, -0.15) is 0 Å². The lowest BCUT2D eigenvalue weighted by atomic mass is 9.96. The van der Waals surface area contributed by atoms with Gasteiger partial charge in [0.05, 0.1) is 12.4 Å². The van der Waals surface area contributed by atoms with Gasteiger partial charge in [-0.3, -0.25) is 0 Å². The highest BCUT2D eigenvalue weighted by Gasteiger charge is 2.25. The van der Waals surface area contributed by atoms with Gasteiger partial charge < -0.3 is 14.5 Å². The minimum Gasteiger partial charge on any atom is -0.469 e. The van der Waals surface area contributed by atoms with Gasteiger partial charge in [-0.25, -0.2) is 0 Å². The molecule has 1 aromatic heterocycles. The smallest absolute Gasteiger partial charge is 0.105 e. The van der Waals surface area contributed by atoms with Gasteiger partial charge in [0.15, 0.2) is 0 Å². The van der Waals surface area contributed by atoms with E-state index in [9.17, 15) is 0 Å². The summed E-state index contributed by atoms with van der Waals surface area (Å²) in [5.74, 6) is 1.51. The SMILES string of the molecule is CCNC(Cc1ccco1)C(OCC)C(C)C. The Balaban J connectivity index is 2.67. The Labute approximate surface area is 105 Å². The van der Waals surface area contributed by atoms with Crippen LogP contribution in [0.4, 0.5) is 0 Å². The largest absolute Gasteiger partial charge is 0.469 e. The van der Waals surface area contributed by atoms with Gasteiger partial charge in [0, 0.05) is 19.1 Å². The Kier molecular flexibility index (Phi) is 6.30. The molecular weight excluding hydrogens is 214 g/mol. The molecule has 0 spiro atoms. The summed E-state index contributed by atoms with van der Waals surface area (Å²) >= 11 is 0. The summed E-state index contributed by atoms with van der Waals surface area (Å²) in [6, 6.07) is 4.27. The van der Waals surface area contributed by atoms with Crippen molar-refractivity contribution < 1.29 is 9.15 Å². The van der Waals surface area contributed by atoms with Crippen molar-refractivity contribution in [2.24, 2.45) is 5.92 Å². The van der Waals surface area contributed by atoms with Crippen LogP contribution < -0.4 is 5.32 Å². The quantitative estimate of drug-likeness (QED) is 0.757. The molecule has 0 aliphatic rings. The first kappa shape index (κ1) is 14.3. The van der Waals surface area contributed by atoms with Crippen LogP contribution in [-0.2, 0) is 11.2 Å². The summed E-state index contributed by atoms with van der Waals surface area (Å²) in [5, 5.41) is 3.50. The molecule has 1 rings (SSSR count). The Morgan fingerprint density at radius 3 is 2.59 bits per heavy atom. The third kappa shape index (κ3) is 4.52. The topological polar surface area (TPSA) is 34.4 Å². The highest BCUT2D eigenvalue weighted by Crippen LogP contribution is 2.16. The molecule has 0 aliphatic heterocycles. The third-order valence-electron chi connectivity index (χ3n) is 2.88. The maximum atomic E-state index is 5.86. The predicted octanol–water partition coefficient (Wildman–Crippen LogP) is 2.86. The van der Waals surface area contributed by atoms with Crippen LogP contribution in [0, 0.1) is 5.92 Å². The van der Waals surface area contributed by atoms with E-state index in [1.54, 1.807) is 6.26 Å². The van der Waals surface area contributed by atoms with Crippen LogP contribution in [0.15, 0.2) is 22.8 Å². The van der Waals surface area contributed by atoms with Gasteiger partial charge in [0.25, 0.3) is 0 Å². The van der Waals surface area contributed by atoms with Crippen molar-refractivity contribution in [3.05, 3.63) is 24.2 Å². The molecule has 2 unspecified atom stereocenters. The molecule has 0 bridgehead atoms. The van der Waals surface area contributed by atoms with Gasteiger partial charge in [0.2, 0.25) is 0 Å². The van der Waals surface area contributed by atoms with Gasteiger partial charge in [-0.15, -0.1) is 0 Å². The predicted molar refractivity (Wildman–Crippen MR) is 70.1 cm³/mol. The van der Waals surface area contributed by atoms with Crippen molar-refractivity contribution in [3.8, 4) is 0 Å². The van der Waals surface area contributed by atoms with E-state index >= 15 is 0 Å². The molecule has 0 amide bonds. The van der Waals surface area contributed by atoms with E-state index in [2.05, 4.69) is 26.1 Å². The number of hydrogen-bond donors (Lipinski definition) is 1. The molecule has 98 valence electrons. The van der Waals surface area contributed by atoms with Crippen LogP contribution in [0.1, 0.15) is 33.5 Å². The normalized spacial score (nSPS) is 15.1. The highest BCUT2D eigenvalue weighted by atomic mass is 16.5. The summed E-state index contributed by atoms with van der Waals surface area (Å²) in [4.78, 5) is 0. The maximum Gasteiger partial charge on any atom is 0.105 e. The summed E-state index contributed by atoms with van der Waals surface area (Å²) < 4.78 is 11.3. The summed E-state index contributed by atoms with van der Waals surface area (Å²) in [6.07, 6.45) is 2.83. The number of furan rings is 1. The first-order valence-electron chi connectivity index (χ1n) is 6.56. The second-order valence-corrected chi connectivity index (χ2v) is 4.61. The van der Waals surface area contributed by atoms with E-state index in [4.69, 9.17) is 9.15 Å². The van der Waals surface area contributed by atoms with Crippen molar-refractivity contribution in [2.45, 2.75) is 46.3 Å². The summed E-state index contributed by atoms with van der Waals surface area (Å²) in [7, 11) is 0. The average molecular weight is 239 g/mol. The van der Waals surface area contributed by atoms with Crippen molar-refractivity contribution in [1.82, 2.24) is 5.32 Å². The Morgan fingerprint density at radius 1 is 1.35 bits per heavy atom. The molecule has 0 aliphatic carbocycles. The second kappa shape index (κ2) is 7.51. The molecule has 0 saturated carbocycles. The lowest BCUT2D eigenvalue weighted by Crippen LogP contribution is -2.45. The number of likely N-dealkylation sites (N-methyl/N-ethyl adjacent to an activating group) is 1. The average Bonchev–Trinajstić information content (AvgIpc) is 2.78. The maximum absolute atomic E-state index is 5.86. The third-order valence-corrected chi connectivity index (χ3v) is 2.88. The molecule has 1 N–H and O–H groups in total. The molecule has 0 aromatic carbocycles. The second-order valence-electron chi connectivity index (χ2n) is 4.61. The van der Waals surface area contributed by atoms with Gasteiger partial charge in [-0.05, 0) is 31.5 Å². The fraction of sp³-hybridized carbons (Fsp3) is 0.714. The van der Waals surface area contributed by atoms with Crippen LogP contribution in [-0.4, -0.2) is 25.3 Å². The van der Waals surface area contributed by atoms with Crippen LogP contribution >= 0.6 is 0 Å². The minimum absolute atomic E-state index is 0.227. The highest BCUT2D eigenvalue weighted by molar-refractivity contribution is 5.02. The summed E-state index contributed by atoms with van der Waals surface area (Å²) in [6.45, 7) is 10.3. The van der Waals surface area contributed by atoms with Crippen LogP contribution in [0.3, 0.4) is 0 Å². The van der Waals surface area contributed by atoms with Crippen molar-refractivity contribution in [2.75, 3.05) is 13.2 Å². The van der Waals surface area contributed by atoms with Gasteiger partial charge in [0.1, 0.15) is 5.76 Å². The number of hydrogen-bond acceptors (Lipinski definition) is 3. The number of nitrogens with one attached hydrogen (secondary N) is 1. The van der Waals surface area contributed by atoms with Crippen molar-refractivity contribution in [3.63, 3.8) is 0 Å². The molecule has 3 nitrogen and oxygen atoms in total. The lowest BCUT2D eigenvalue weighted by molar-refractivity contribution is 0.00287. The Hall–Kier alpha value is -0.800. The lowest BCUT2D eigenvalue weighted by Gasteiger charge is -2.30. The monoisotopic (exact) mass is 239 g/mol. The van der Waals surface area contributed by atoms with E-state index in [0.717, 1.165) is 25.3 Å². The zero-order chi connectivity index (χ0) is 12.7. The van der Waals surface area contributed by atoms with Gasteiger partial charge >= 0.3 is 0 Å². The van der Waals surface area contributed by atoms with E-state index in [1.165, 1.54) is 0 Å². The molecule has 3 heteroatoms. The number of rotatable bonds is 8. The van der Waals surface area contributed by atoms with Crippen molar-refractivity contribution >= 4 is 0 Å². The zero-order valence-electron chi connectivity index (χ0n) is 11.4. The molecule has 0 saturated heterocycles. The zero-order valence-corrected chi connectivity index (χ0v) is 11.4. The van der Waals surface area contributed by atoms with E-state index in [1.807, 2.05) is 19.1 Å². The molecule has 2 atom stereocenters. The molecule has 1 aromatic rings. The van der Waals surface area contributed by atoms with Crippen LogP contribution in [0.25, 0.3) is 0 Å². The molecule has 0 radical (unpaired) electrons.